The van der Waals surface area contributed by atoms with Crippen molar-refractivity contribution in [3.8, 4) is 5.75 Å². The third-order valence-corrected chi connectivity index (χ3v) is 4.19. The van der Waals surface area contributed by atoms with Crippen LogP contribution < -0.4 is 15.8 Å². The lowest BCUT2D eigenvalue weighted by atomic mass is 10.1. The predicted molar refractivity (Wildman–Crippen MR) is 117 cm³/mol. The number of hydrogen-bond acceptors (Lipinski definition) is 4. The van der Waals surface area contributed by atoms with Gasteiger partial charge >= 0.3 is 0 Å². The fourth-order valence-electron chi connectivity index (χ4n) is 2.60. The summed E-state index contributed by atoms with van der Waals surface area (Å²) in [5.74, 6) is 2.03. The Balaban J connectivity index is 0.00000338. The van der Waals surface area contributed by atoms with Gasteiger partial charge in [0, 0.05) is 31.7 Å². The summed E-state index contributed by atoms with van der Waals surface area (Å²) in [7, 11) is 0. The number of nitrogens with two attached hydrogens (primary N) is 1. The van der Waals surface area contributed by atoms with E-state index in [0.717, 1.165) is 57.1 Å². The number of benzene rings is 1. The third-order valence-electron chi connectivity index (χ3n) is 4.19. The number of para-hydroxylation sites is 1. The number of halogens is 1. The molecule has 6 nitrogen and oxygen atoms in total. The SMILES string of the molecule is CC(C)CCNC(N)=NCc1ccccc1OCCN1CCOCC1.I. The highest BCUT2D eigenvalue weighted by molar-refractivity contribution is 14.0. The second kappa shape index (κ2) is 13.2. The van der Waals surface area contributed by atoms with Gasteiger partial charge in [0.1, 0.15) is 12.4 Å². The molecule has 0 saturated carbocycles. The summed E-state index contributed by atoms with van der Waals surface area (Å²) in [6.45, 7) is 10.9. The number of nitrogens with one attached hydrogen (secondary N) is 1. The Bertz CT molecular complexity index is 534. The fraction of sp³-hybridized carbons (Fsp3) is 0.632. The van der Waals surface area contributed by atoms with Crippen LogP contribution >= 0.6 is 24.0 Å². The van der Waals surface area contributed by atoms with Crippen LogP contribution in [0.15, 0.2) is 29.3 Å². The molecule has 1 aliphatic heterocycles. The topological polar surface area (TPSA) is 72.1 Å². The number of nitrogens with zero attached hydrogens (tertiary/aromatic N) is 2. The molecule has 0 amide bonds. The molecule has 0 bridgehead atoms. The number of morpholine rings is 1. The first-order chi connectivity index (χ1) is 12.1. The minimum absolute atomic E-state index is 0. The lowest BCUT2D eigenvalue weighted by Crippen LogP contribution is -2.38. The normalized spacial score (nSPS) is 15.6. The summed E-state index contributed by atoms with van der Waals surface area (Å²) in [4.78, 5) is 6.79. The molecule has 26 heavy (non-hydrogen) atoms. The van der Waals surface area contributed by atoms with E-state index in [9.17, 15) is 0 Å². The molecule has 1 heterocycles. The van der Waals surface area contributed by atoms with Crippen molar-refractivity contribution < 1.29 is 9.47 Å². The van der Waals surface area contributed by atoms with Crippen LogP contribution in [-0.4, -0.2) is 56.9 Å². The number of rotatable bonds is 9. The lowest BCUT2D eigenvalue weighted by molar-refractivity contribution is 0.0322. The molecule has 0 aromatic heterocycles. The molecule has 1 saturated heterocycles. The molecule has 0 unspecified atom stereocenters. The first-order valence-corrected chi connectivity index (χ1v) is 9.19. The molecule has 0 radical (unpaired) electrons. The second-order valence-electron chi connectivity index (χ2n) is 6.72. The van der Waals surface area contributed by atoms with Crippen molar-refractivity contribution in [2.45, 2.75) is 26.8 Å². The van der Waals surface area contributed by atoms with E-state index in [1.54, 1.807) is 0 Å². The van der Waals surface area contributed by atoms with Crippen molar-refractivity contribution in [3.05, 3.63) is 29.8 Å². The molecule has 0 spiro atoms. The molecule has 1 aromatic carbocycles. The maximum Gasteiger partial charge on any atom is 0.188 e. The van der Waals surface area contributed by atoms with Gasteiger partial charge < -0.3 is 20.5 Å². The minimum Gasteiger partial charge on any atom is -0.492 e. The van der Waals surface area contributed by atoms with Crippen LogP contribution in [-0.2, 0) is 11.3 Å². The van der Waals surface area contributed by atoms with E-state index in [-0.39, 0.29) is 24.0 Å². The van der Waals surface area contributed by atoms with Gasteiger partial charge in [0.25, 0.3) is 0 Å². The summed E-state index contributed by atoms with van der Waals surface area (Å²) < 4.78 is 11.3. The molecular formula is C19H33IN4O2. The quantitative estimate of drug-likeness (QED) is 0.326. The van der Waals surface area contributed by atoms with Crippen molar-refractivity contribution in [2.24, 2.45) is 16.6 Å². The molecule has 0 aliphatic carbocycles. The predicted octanol–water partition coefficient (Wildman–Crippen LogP) is 2.47. The van der Waals surface area contributed by atoms with E-state index in [0.29, 0.717) is 25.0 Å². The smallest absolute Gasteiger partial charge is 0.188 e. The average molecular weight is 476 g/mol. The van der Waals surface area contributed by atoms with Gasteiger partial charge in [0.05, 0.1) is 19.8 Å². The van der Waals surface area contributed by atoms with Crippen molar-refractivity contribution in [2.75, 3.05) is 46.0 Å². The highest BCUT2D eigenvalue weighted by atomic mass is 127. The van der Waals surface area contributed by atoms with E-state index < -0.39 is 0 Å². The molecule has 0 atom stereocenters. The molecule has 1 aliphatic rings. The summed E-state index contributed by atoms with van der Waals surface area (Å²) in [5.41, 5.74) is 6.99. The first kappa shape index (κ1) is 23.0. The monoisotopic (exact) mass is 476 g/mol. The molecule has 1 aromatic rings. The standard InChI is InChI=1S/C19H32N4O2.HI/c1-16(2)7-8-21-19(20)22-15-17-5-3-4-6-18(17)25-14-11-23-9-12-24-13-10-23;/h3-6,16H,7-15H2,1-2H3,(H3,20,21,22);1H. The molecule has 148 valence electrons. The van der Waals surface area contributed by atoms with Crippen LogP contribution in [0.1, 0.15) is 25.8 Å². The molecular weight excluding hydrogens is 443 g/mol. The Morgan fingerprint density at radius 2 is 2.04 bits per heavy atom. The second-order valence-corrected chi connectivity index (χ2v) is 6.72. The number of ether oxygens (including phenoxy) is 2. The molecule has 1 fully saturated rings. The van der Waals surface area contributed by atoms with Crippen LogP contribution in [0.3, 0.4) is 0 Å². The van der Waals surface area contributed by atoms with Crippen LogP contribution in [0.4, 0.5) is 0 Å². The zero-order valence-electron chi connectivity index (χ0n) is 15.9. The first-order valence-electron chi connectivity index (χ1n) is 9.19. The van der Waals surface area contributed by atoms with E-state index in [4.69, 9.17) is 15.2 Å². The lowest BCUT2D eigenvalue weighted by Gasteiger charge is -2.26. The van der Waals surface area contributed by atoms with Crippen molar-refractivity contribution in [1.82, 2.24) is 10.2 Å². The maximum atomic E-state index is 5.97. The largest absolute Gasteiger partial charge is 0.492 e. The molecule has 2 rings (SSSR count). The third kappa shape index (κ3) is 9.05. The summed E-state index contributed by atoms with van der Waals surface area (Å²) in [6, 6.07) is 8.02. The fourth-order valence-corrected chi connectivity index (χ4v) is 2.60. The number of hydrogen-bond donors (Lipinski definition) is 2. The average Bonchev–Trinajstić information content (AvgIpc) is 2.61. The van der Waals surface area contributed by atoms with E-state index >= 15 is 0 Å². The summed E-state index contributed by atoms with van der Waals surface area (Å²) in [5, 5.41) is 3.16. The van der Waals surface area contributed by atoms with Crippen LogP contribution in [0.25, 0.3) is 0 Å². The van der Waals surface area contributed by atoms with Crippen molar-refractivity contribution in [1.29, 1.82) is 0 Å². The van der Waals surface area contributed by atoms with Crippen LogP contribution in [0.5, 0.6) is 5.75 Å². The Morgan fingerprint density at radius 3 is 2.77 bits per heavy atom. The highest BCUT2D eigenvalue weighted by Crippen LogP contribution is 2.18. The Kier molecular flexibility index (Phi) is 11.6. The van der Waals surface area contributed by atoms with E-state index in [2.05, 4.69) is 29.1 Å². The van der Waals surface area contributed by atoms with Crippen molar-refractivity contribution in [3.63, 3.8) is 0 Å². The Hall–Kier alpha value is -1.06. The number of aliphatic imine (C=N–C) groups is 1. The van der Waals surface area contributed by atoms with Gasteiger partial charge in [-0.15, -0.1) is 24.0 Å². The Labute approximate surface area is 174 Å². The van der Waals surface area contributed by atoms with Gasteiger partial charge in [0.15, 0.2) is 5.96 Å². The van der Waals surface area contributed by atoms with E-state index in [1.165, 1.54) is 0 Å². The van der Waals surface area contributed by atoms with Gasteiger partial charge in [-0.3, -0.25) is 4.90 Å². The summed E-state index contributed by atoms with van der Waals surface area (Å²) in [6.07, 6.45) is 1.08. The Morgan fingerprint density at radius 1 is 1.31 bits per heavy atom. The minimum atomic E-state index is 0. The molecule has 3 N–H and O–H groups in total. The number of guanidine groups is 1. The van der Waals surface area contributed by atoms with Crippen molar-refractivity contribution >= 4 is 29.9 Å². The summed E-state index contributed by atoms with van der Waals surface area (Å²) >= 11 is 0. The van der Waals surface area contributed by atoms with Gasteiger partial charge in [-0.1, -0.05) is 32.0 Å². The maximum absolute atomic E-state index is 5.97. The zero-order valence-corrected chi connectivity index (χ0v) is 18.3. The van der Waals surface area contributed by atoms with Crippen LogP contribution in [0.2, 0.25) is 0 Å². The van der Waals surface area contributed by atoms with Crippen LogP contribution in [0, 0.1) is 5.92 Å². The van der Waals surface area contributed by atoms with Gasteiger partial charge in [-0.05, 0) is 18.4 Å². The molecule has 7 heteroatoms. The highest BCUT2D eigenvalue weighted by Gasteiger charge is 2.10. The van der Waals surface area contributed by atoms with Gasteiger partial charge in [-0.25, -0.2) is 4.99 Å². The van der Waals surface area contributed by atoms with Gasteiger partial charge in [-0.2, -0.15) is 0 Å². The van der Waals surface area contributed by atoms with Gasteiger partial charge in [0.2, 0.25) is 0 Å². The zero-order chi connectivity index (χ0) is 17.9. The van der Waals surface area contributed by atoms with E-state index in [1.807, 2.05) is 24.3 Å².